The van der Waals surface area contributed by atoms with Gasteiger partial charge in [-0.05, 0) is 56.9 Å². The van der Waals surface area contributed by atoms with Crippen LogP contribution in [0.1, 0.15) is 44.7 Å². The molecule has 2 rings (SSSR count). The van der Waals surface area contributed by atoms with Gasteiger partial charge < -0.3 is 25.4 Å². The summed E-state index contributed by atoms with van der Waals surface area (Å²) in [4.78, 5) is 18.7. The minimum atomic E-state index is -0.117. The maximum Gasteiger partial charge on any atom is 0.222 e. The first-order valence-corrected chi connectivity index (χ1v) is 9.33. The van der Waals surface area contributed by atoms with Crippen LogP contribution in [0, 0.1) is 0 Å². The van der Waals surface area contributed by atoms with Crippen LogP contribution in [0.2, 0.25) is 0 Å². The SMILES string of the molecule is COc1cc2c(cc1OC)CN(C(=O)CCCN=C(N)NC(C)(C)C)CC2.I. The van der Waals surface area contributed by atoms with Crippen LogP contribution in [-0.2, 0) is 17.8 Å². The molecule has 8 heteroatoms. The Morgan fingerprint density at radius 2 is 1.82 bits per heavy atom. The van der Waals surface area contributed by atoms with E-state index in [1.165, 1.54) is 5.56 Å². The number of aliphatic imine (C=N–C) groups is 1. The van der Waals surface area contributed by atoms with Crippen molar-refractivity contribution in [3.63, 3.8) is 0 Å². The van der Waals surface area contributed by atoms with E-state index in [1.807, 2.05) is 37.8 Å². The summed E-state index contributed by atoms with van der Waals surface area (Å²) < 4.78 is 10.7. The first-order valence-electron chi connectivity index (χ1n) is 9.33. The molecular formula is C20H33IN4O3. The second-order valence-corrected chi connectivity index (χ2v) is 7.79. The molecule has 0 unspecified atom stereocenters. The lowest BCUT2D eigenvalue weighted by Gasteiger charge is -2.29. The molecule has 0 spiro atoms. The van der Waals surface area contributed by atoms with Crippen LogP contribution in [0.3, 0.4) is 0 Å². The highest BCUT2D eigenvalue weighted by Crippen LogP contribution is 2.33. The molecular weight excluding hydrogens is 471 g/mol. The Morgan fingerprint density at radius 1 is 1.21 bits per heavy atom. The summed E-state index contributed by atoms with van der Waals surface area (Å²) >= 11 is 0. The van der Waals surface area contributed by atoms with Crippen molar-refractivity contribution in [2.24, 2.45) is 10.7 Å². The maximum atomic E-state index is 12.5. The minimum absolute atomic E-state index is 0. The molecule has 0 fully saturated rings. The van der Waals surface area contributed by atoms with Crippen LogP contribution >= 0.6 is 24.0 Å². The molecule has 0 bridgehead atoms. The number of amides is 1. The van der Waals surface area contributed by atoms with Crippen LogP contribution in [0.5, 0.6) is 11.5 Å². The van der Waals surface area contributed by atoms with Crippen LogP contribution in [0.4, 0.5) is 0 Å². The third-order valence-corrected chi connectivity index (χ3v) is 4.40. The van der Waals surface area contributed by atoms with E-state index in [0.29, 0.717) is 37.6 Å². The summed E-state index contributed by atoms with van der Waals surface area (Å²) in [7, 11) is 3.26. The molecule has 1 aromatic rings. The molecule has 7 nitrogen and oxygen atoms in total. The van der Waals surface area contributed by atoms with Crippen LogP contribution in [0.15, 0.2) is 17.1 Å². The van der Waals surface area contributed by atoms with E-state index in [2.05, 4.69) is 10.3 Å². The maximum absolute atomic E-state index is 12.5. The molecule has 0 saturated heterocycles. The van der Waals surface area contributed by atoms with E-state index < -0.39 is 0 Å². The van der Waals surface area contributed by atoms with Gasteiger partial charge in [-0.1, -0.05) is 0 Å². The molecule has 0 aromatic heterocycles. The summed E-state index contributed by atoms with van der Waals surface area (Å²) in [5, 5.41) is 3.11. The van der Waals surface area contributed by atoms with Gasteiger partial charge in [-0.2, -0.15) is 0 Å². The number of nitrogens with two attached hydrogens (primary N) is 1. The quantitative estimate of drug-likeness (QED) is 0.269. The van der Waals surface area contributed by atoms with Crippen LogP contribution in [0.25, 0.3) is 0 Å². The number of halogens is 1. The average Bonchev–Trinajstić information content (AvgIpc) is 2.61. The number of carbonyl (C=O) groups is 1. The monoisotopic (exact) mass is 504 g/mol. The minimum Gasteiger partial charge on any atom is -0.493 e. The predicted octanol–water partition coefficient (Wildman–Crippen LogP) is 2.69. The normalized spacial score (nSPS) is 14.0. The molecule has 1 heterocycles. The molecule has 1 amide bonds. The fourth-order valence-corrected chi connectivity index (χ4v) is 3.11. The van der Waals surface area contributed by atoms with E-state index in [4.69, 9.17) is 15.2 Å². The fraction of sp³-hybridized carbons (Fsp3) is 0.600. The van der Waals surface area contributed by atoms with Crippen molar-refractivity contribution in [2.75, 3.05) is 27.3 Å². The van der Waals surface area contributed by atoms with E-state index in [-0.39, 0.29) is 35.4 Å². The third-order valence-electron chi connectivity index (χ3n) is 4.40. The number of carbonyl (C=O) groups excluding carboxylic acids is 1. The molecule has 0 radical (unpaired) electrons. The zero-order chi connectivity index (χ0) is 20.0. The van der Waals surface area contributed by atoms with Gasteiger partial charge in [0.25, 0.3) is 0 Å². The standard InChI is InChI=1S/C20H32N4O3.HI/c1-20(2,3)23-19(21)22-9-6-7-18(25)24-10-8-14-11-16(26-4)17(27-5)12-15(14)13-24;/h11-12H,6-10,13H2,1-5H3,(H3,21,22,23);1H. The Kier molecular flexibility index (Phi) is 9.32. The number of nitrogens with zero attached hydrogens (tertiary/aromatic N) is 2. The number of guanidine groups is 1. The first kappa shape index (κ1) is 24.3. The zero-order valence-electron chi connectivity index (χ0n) is 17.5. The molecule has 28 heavy (non-hydrogen) atoms. The van der Waals surface area contributed by atoms with Gasteiger partial charge in [-0.3, -0.25) is 9.79 Å². The Labute approximate surface area is 185 Å². The van der Waals surface area contributed by atoms with Crippen molar-refractivity contribution in [1.82, 2.24) is 10.2 Å². The van der Waals surface area contributed by atoms with E-state index in [9.17, 15) is 4.79 Å². The van der Waals surface area contributed by atoms with Gasteiger partial charge in [-0.15, -0.1) is 24.0 Å². The number of methoxy groups -OCH3 is 2. The van der Waals surface area contributed by atoms with E-state index in [0.717, 1.165) is 24.3 Å². The number of benzene rings is 1. The number of hydrogen-bond acceptors (Lipinski definition) is 4. The molecule has 0 atom stereocenters. The Hall–Kier alpha value is -1.71. The lowest BCUT2D eigenvalue weighted by atomic mass is 9.98. The lowest BCUT2D eigenvalue weighted by molar-refractivity contribution is -0.132. The van der Waals surface area contributed by atoms with Crippen molar-refractivity contribution in [3.8, 4) is 11.5 Å². The molecule has 0 aliphatic carbocycles. The van der Waals surface area contributed by atoms with Crippen molar-refractivity contribution in [2.45, 2.75) is 52.1 Å². The fourth-order valence-electron chi connectivity index (χ4n) is 3.11. The van der Waals surface area contributed by atoms with Gasteiger partial charge in [0.1, 0.15) is 0 Å². The zero-order valence-corrected chi connectivity index (χ0v) is 19.8. The van der Waals surface area contributed by atoms with E-state index in [1.54, 1.807) is 14.2 Å². The van der Waals surface area contributed by atoms with Gasteiger partial charge >= 0.3 is 0 Å². The lowest BCUT2D eigenvalue weighted by Crippen LogP contribution is -2.45. The van der Waals surface area contributed by atoms with E-state index >= 15 is 0 Å². The van der Waals surface area contributed by atoms with Gasteiger partial charge in [0.15, 0.2) is 17.5 Å². The van der Waals surface area contributed by atoms with Crippen molar-refractivity contribution < 1.29 is 14.3 Å². The number of rotatable bonds is 6. The highest BCUT2D eigenvalue weighted by Gasteiger charge is 2.22. The second-order valence-electron chi connectivity index (χ2n) is 7.79. The predicted molar refractivity (Wildman–Crippen MR) is 123 cm³/mol. The summed E-state index contributed by atoms with van der Waals surface area (Å²) in [5.41, 5.74) is 8.05. The van der Waals surface area contributed by atoms with Gasteiger partial charge in [0.05, 0.1) is 14.2 Å². The molecule has 1 aromatic carbocycles. The van der Waals surface area contributed by atoms with Crippen LogP contribution < -0.4 is 20.5 Å². The van der Waals surface area contributed by atoms with Gasteiger partial charge in [0, 0.05) is 31.6 Å². The summed E-state index contributed by atoms with van der Waals surface area (Å²) in [6, 6.07) is 3.98. The van der Waals surface area contributed by atoms with Gasteiger partial charge in [0.2, 0.25) is 5.91 Å². The average molecular weight is 504 g/mol. The second kappa shape index (κ2) is 10.7. The molecule has 3 N–H and O–H groups in total. The summed E-state index contributed by atoms with van der Waals surface area (Å²) in [6.45, 7) is 7.94. The highest BCUT2D eigenvalue weighted by atomic mass is 127. The first-order chi connectivity index (χ1) is 12.7. The van der Waals surface area contributed by atoms with Crippen molar-refractivity contribution in [1.29, 1.82) is 0 Å². The number of hydrogen-bond donors (Lipinski definition) is 2. The van der Waals surface area contributed by atoms with Crippen LogP contribution in [-0.4, -0.2) is 49.6 Å². The Balaban J connectivity index is 0.00000392. The van der Waals surface area contributed by atoms with Crippen molar-refractivity contribution >= 4 is 35.8 Å². The number of ether oxygens (including phenoxy) is 2. The Morgan fingerprint density at radius 3 is 2.39 bits per heavy atom. The third kappa shape index (κ3) is 7.03. The molecule has 158 valence electrons. The molecule has 0 saturated carbocycles. The largest absolute Gasteiger partial charge is 0.493 e. The topological polar surface area (TPSA) is 89.2 Å². The van der Waals surface area contributed by atoms with Crippen molar-refractivity contribution in [3.05, 3.63) is 23.3 Å². The highest BCUT2D eigenvalue weighted by molar-refractivity contribution is 14.0. The smallest absolute Gasteiger partial charge is 0.222 e. The molecule has 1 aliphatic rings. The molecule has 1 aliphatic heterocycles. The summed E-state index contributed by atoms with van der Waals surface area (Å²) in [5.74, 6) is 1.99. The summed E-state index contributed by atoms with van der Waals surface area (Å²) in [6.07, 6.45) is 1.97. The van der Waals surface area contributed by atoms with Gasteiger partial charge in [-0.25, -0.2) is 0 Å². The number of fused-ring (bicyclic) bond motifs is 1. The number of nitrogens with one attached hydrogen (secondary N) is 1. The Bertz CT molecular complexity index is 701.